The van der Waals surface area contributed by atoms with Crippen molar-refractivity contribution in [1.82, 2.24) is 4.98 Å². The Hall–Kier alpha value is -2.39. The Labute approximate surface area is 166 Å². The largest absolute Gasteiger partial charge is 0.465 e. The number of hydrogen-bond acceptors (Lipinski definition) is 8. The molecule has 0 saturated carbocycles. The van der Waals surface area contributed by atoms with Gasteiger partial charge in [0, 0.05) is 35.8 Å². The molecule has 28 heavy (non-hydrogen) atoms. The fraction of sp³-hybridized carbons (Fsp3) is 0.474. The van der Waals surface area contributed by atoms with Crippen LogP contribution in [-0.2, 0) is 9.47 Å². The Bertz CT molecular complexity index is 865. The number of methoxy groups -OCH3 is 1. The number of rotatable bonds is 5. The minimum absolute atomic E-state index is 0.0148. The van der Waals surface area contributed by atoms with Crippen LogP contribution in [0.5, 0.6) is 0 Å². The molecule has 1 saturated heterocycles. The van der Waals surface area contributed by atoms with Crippen molar-refractivity contribution in [2.24, 2.45) is 5.18 Å². The van der Waals surface area contributed by atoms with Crippen molar-refractivity contribution in [1.29, 1.82) is 0 Å². The van der Waals surface area contributed by atoms with Crippen molar-refractivity contribution < 1.29 is 18.7 Å². The normalized spacial score (nSPS) is 20.7. The van der Waals surface area contributed by atoms with E-state index in [0.717, 1.165) is 0 Å². The summed E-state index contributed by atoms with van der Waals surface area (Å²) in [6.07, 6.45) is 1.38. The molecule has 0 radical (unpaired) electrons. The van der Waals surface area contributed by atoms with Gasteiger partial charge in [-0.25, -0.2) is 14.2 Å². The topological polar surface area (TPSA) is 81.1 Å². The standard InChI is InChI=1S/C19H22FN3O4S/c1-10-8-23(9-11(2)27-10)17-12(3)15(20)13(7-14(17)19(24)26-4)16(22-25)18-21-5-6-28-18/h5-7,10-11,16H,8-9H2,1-4H3. The summed E-state index contributed by atoms with van der Waals surface area (Å²) >= 11 is 1.20. The molecule has 1 aromatic heterocycles. The Balaban J connectivity index is 2.17. The number of esters is 1. The molecular weight excluding hydrogens is 385 g/mol. The van der Waals surface area contributed by atoms with Crippen LogP contribution in [0.1, 0.15) is 46.4 Å². The number of carbonyl (C=O) groups is 1. The molecule has 1 fully saturated rings. The number of morpholine rings is 1. The Kier molecular flexibility index (Phi) is 6.04. The maximum Gasteiger partial charge on any atom is 0.339 e. The molecule has 0 N–H and O–H groups in total. The molecule has 3 rings (SSSR count). The molecule has 2 aromatic rings. The van der Waals surface area contributed by atoms with Gasteiger partial charge < -0.3 is 14.4 Å². The van der Waals surface area contributed by atoms with Gasteiger partial charge in [-0.05, 0) is 26.8 Å². The lowest BCUT2D eigenvalue weighted by atomic mass is 9.96. The van der Waals surface area contributed by atoms with Gasteiger partial charge in [-0.1, -0.05) is 5.18 Å². The van der Waals surface area contributed by atoms with Crippen molar-refractivity contribution in [3.63, 3.8) is 0 Å². The van der Waals surface area contributed by atoms with Crippen LogP contribution in [0.15, 0.2) is 22.8 Å². The van der Waals surface area contributed by atoms with Gasteiger partial charge in [-0.3, -0.25) is 0 Å². The SMILES string of the molecule is COC(=O)c1cc(C(N=O)c2nccs2)c(F)c(C)c1N1CC(C)OC(C)C1. The van der Waals surface area contributed by atoms with Gasteiger partial charge in [0.25, 0.3) is 0 Å². The van der Waals surface area contributed by atoms with Crippen LogP contribution in [0.4, 0.5) is 10.1 Å². The minimum Gasteiger partial charge on any atom is -0.465 e. The zero-order valence-electron chi connectivity index (χ0n) is 16.1. The smallest absolute Gasteiger partial charge is 0.339 e. The van der Waals surface area contributed by atoms with E-state index >= 15 is 4.39 Å². The summed E-state index contributed by atoms with van der Waals surface area (Å²) < 4.78 is 26.0. The van der Waals surface area contributed by atoms with Crippen LogP contribution < -0.4 is 4.90 Å². The predicted octanol–water partition coefficient (Wildman–Crippen LogP) is 3.85. The van der Waals surface area contributed by atoms with Crippen molar-refractivity contribution in [2.75, 3.05) is 25.1 Å². The summed E-state index contributed by atoms with van der Waals surface area (Å²) in [5.74, 6) is -1.18. The highest BCUT2D eigenvalue weighted by Gasteiger charge is 2.32. The summed E-state index contributed by atoms with van der Waals surface area (Å²) in [6.45, 7) is 6.46. The number of halogens is 1. The van der Waals surface area contributed by atoms with Gasteiger partial charge in [0.1, 0.15) is 10.8 Å². The van der Waals surface area contributed by atoms with Crippen molar-refractivity contribution in [3.8, 4) is 0 Å². The van der Waals surface area contributed by atoms with Crippen LogP contribution in [0.2, 0.25) is 0 Å². The first-order valence-corrected chi connectivity index (χ1v) is 9.78. The number of nitroso groups, excluding NO2 is 1. The Morgan fingerprint density at radius 2 is 2.11 bits per heavy atom. The third kappa shape index (κ3) is 3.77. The van der Waals surface area contributed by atoms with E-state index in [1.165, 1.54) is 30.7 Å². The van der Waals surface area contributed by atoms with E-state index in [9.17, 15) is 9.70 Å². The number of thiazole rings is 1. The molecule has 2 heterocycles. The number of hydrogen-bond donors (Lipinski definition) is 0. The lowest BCUT2D eigenvalue weighted by Gasteiger charge is -2.38. The fourth-order valence-corrected chi connectivity index (χ4v) is 4.33. The third-order valence-corrected chi connectivity index (χ3v) is 5.55. The number of aromatic nitrogens is 1. The summed E-state index contributed by atoms with van der Waals surface area (Å²) in [6, 6.07) is 0.237. The highest BCUT2D eigenvalue weighted by atomic mass is 32.1. The maximum absolute atomic E-state index is 15.4. The number of carbonyl (C=O) groups excluding carboxylic acids is 1. The first-order chi connectivity index (χ1) is 13.4. The van der Waals surface area contributed by atoms with Gasteiger partial charge in [-0.2, -0.15) is 0 Å². The predicted molar refractivity (Wildman–Crippen MR) is 104 cm³/mol. The Morgan fingerprint density at radius 3 is 2.64 bits per heavy atom. The highest BCUT2D eigenvalue weighted by molar-refractivity contribution is 7.09. The summed E-state index contributed by atoms with van der Waals surface area (Å²) in [5, 5.41) is 5.12. The van der Waals surface area contributed by atoms with Crippen molar-refractivity contribution in [3.05, 3.63) is 50.1 Å². The molecule has 3 atom stereocenters. The van der Waals surface area contributed by atoms with E-state index in [4.69, 9.17) is 9.47 Å². The number of ether oxygens (including phenoxy) is 2. The fourth-order valence-electron chi connectivity index (χ4n) is 3.65. The minimum atomic E-state index is -1.13. The van der Waals surface area contributed by atoms with E-state index < -0.39 is 17.8 Å². The highest BCUT2D eigenvalue weighted by Crippen LogP contribution is 2.38. The molecule has 9 heteroatoms. The molecule has 0 spiro atoms. The molecular formula is C19H22FN3O4S. The number of nitrogens with zero attached hydrogens (tertiary/aromatic N) is 3. The first kappa shape index (κ1) is 20.3. The first-order valence-electron chi connectivity index (χ1n) is 8.90. The molecule has 1 aliphatic heterocycles. The average Bonchev–Trinajstić information content (AvgIpc) is 3.18. The van der Waals surface area contributed by atoms with E-state index in [2.05, 4.69) is 10.2 Å². The van der Waals surface area contributed by atoms with Crippen LogP contribution in [0.25, 0.3) is 0 Å². The second-order valence-corrected chi connectivity index (χ2v) is 7.76. The number of anilines is 1. The van der Waals surface area contributed by atoms with Crippen LogP contribution in [0, 0.1) is 17.6 Å². The van der Waals surface area contributed by atoms with Gasteiger partial charge >= 0.3 is 5.97 Å². The second kappa shape index (κ2) is 8.32. The quantitative estimate of drug-likeness (QED) is 0.553. The zero-order chi connectivity index (χ0) is 20.4. The summed E-state index contributed by atoms with van der Waals surface area (Å²) in [5.41, 5.74) is 0.937. The van der Waals surface area contributed by atoms with E-state index in [0.29, 0.717) is 23.8 Å². The molecule has 0 bridgehead atoms. The second-order valence-electron chi connectivity index (χ2n) is 6.83. The van der Waals surface area contributed by atoms with E-state index in [1.54, 1.807) is 12.3 Å². The monoisotopic (exact) mass is 407 g/mol. The molecule has 7 nitrogen and oxygen atoms in total. The summed E-state index contributed by atoms with van der Waals surface area (Å²) in [7, 11) is 1.27. The van der Waals surface area contributed by atoms with Crippen LogP contribution in [0.3, 0.4) is 0 Å². The Morgan fingerprint density at radius 1 is 1.43 bits per heavy atom. The number of benzene rings is 1. The van der Waals surface area contributed by atoms with Gasteiger partial charge in [0.15, 0.2) is 6.04 Å². The van der Waals surface area contributed by atoms with Gasteiger partial charge in [0.05, 0.1) is 30.6 Å². The van der Waals surface area contributed by atoms with Gasteiger partial charge in [0.2, 0.25) is 0 Å². The maximum atomic E-state index is 15.4. The van der Waals surface area contributed by atoms with E-state index in [-0.39, 0.29) is 28.9 Å². The summed E-state index contributed by atoms with van der Waals surface area (Å²) in [4.78, 5) is 30.0. The zero-order valence-corrected chi connectivity index (χ0v) is 17.0. The third-order valence-electron chi connectivity index (χ3n) is 4.72. The van der Waals surface area contributed by atoms with E-state index in [1.807, 2.05) is 18.7 Å². The molecule has 0 amide bonds. The van der Waals surface area contributed by atoms with Crippen LogP contribution in [-0.4, -0.2) is 43.4 Å². The van der Waals surface area contributed by atoms with Crippen LogP contribution >= 0.6 is 11.3 Å². The lowest BCUT2D eigenvalue weighted by Crippen LogP contribution is -2.46. The molecule has 1 aliphatic rings. The van der Waals surface area contributed by atoms with Gasteiger partial charge in [-0.15, -0.1) is 16.2 Å². The molecule has 1 aromatic carbocycles. The lowest BCUT2D eigenvalue weighted by molar-refractivity contribution is -0.00538. The average molecular weight is 407 g/mol. The van der Waals surface area contributed by atoms with Crippen molar-refractivity contribution >= 4 is 23.0 Å². The molecule has 0 aliphatic carbocycles. The molecule has 150 valence electrons. The van der Waals surface area contributed by atoms with Crippen molar-refractivity contribution in [2.45, 2.75) is 39.0 Å². The molecule has 3 unspecified atom stereocenters.